The molecule has 1 heterocycles. The summed E-state index contributed by atoms with van der Waals surface area (Å²) in [5, 5.41) is 0. The van der Waals surface area contributed by atoms with Crippen molar-refractivity contribution in [2.45, 2.75) is 18.7 Å². The highest BCUT2D eigenvalue weighted by molar-refractivity contribution is 7.98. The maximum Gasteiger partial charge on any atom is 0.0785 e. The number of hydrogen-bond donors (Lipinski definition) is 0. The van der Waals surface area contributed by atoms with Gasteiger partial charge in [-0.15, -0.1) is 29.5 Å². The van der Waals surface area contributed by atoms with Crippen LogP contribution in [-0.4, -0.2) is 6.26 Å². The molecule has 2 heteroatoms. The van der Waals surface area contributed by atoms with E-state index in [0.29, 0.717) is 0 Å². The standard InChI is InChI=1S/C17H14S2/c1-5-15-8-9-16(19-15)7-6-14-10-12(2)13(3)17(11-14)18-4/h1,8-11H,2-4H3. The largest absolute Gasteiger partial charge is 0.129 e. The van der Waals surface area contributed by atoms with Crippen LogP contribution in [0.25, 0.3) is 0 Å². The van der Waals surface area contributed by atoms with E-state index in [9.17, 15) is 0 Å². The molecule has 0 spiro atoms. The number of terminal acetylenes is 1. The predicted octanol–water partition coefficient (Wildman–Crippen LogP) is 4.47. The van der Waals surface area contributed by atoms with E-state index in [-0.39, 0.29) is 0 Å². The Morgan fingerprint density at radius 3 is 2.47 bits per heavy atom. The van der Waals surface area contributed by atoms with Crippen LogP contribution in [0.3, 0.4) is 0 Å². The zero-order valence-corrected chi connectivity index (χ0v) is 12.8. The molecule has 0 atom stereocenters. The number of hydrogen-bond acceptors (Lipinski definition) is 2. The van der Waals surface area contributed by atoms with Crippen molar-refractivity contribution in [1.29, 1.82) is 0 Å². The van der Waals surface area contributed by atoms with Crippen molar-refractivity contribution < 1.29 is 0 Å². The van der Waals surface area contributed by atoms with Gasteiger partial charge in [-0.1, -0.05) is 17.8 Å². The SMILES string of the molecule is C#Cc1ccc(C#Cc2cc(C)c(C)c(SC)c2)s1. The molecule has 0 saturated carbocycles. The third kappa shape index (κ3) is 3.24. The molecule has 1 aromatic carbocycles. The van der Waals surface area contributed by atoms with Crippen LogP contribution < -0.4 is 0 Å². The molecule has 94 valence electrons. The lowest BCUT2D eigenvalue weighted by molar-refractivity contribution is 1.22. The van der Waals surface area contributed by atoms with E-state index in [1.54, 1.807) is 23.1 Å². The first-order chi connectivity index (χ1) is 9.13. The first-order valence-electron chi connectivity index (χ1n) is 5.87. The third-order valence-corrected chi connectivity index (χ3v) is 4.71. The average molecular weight is 282 g/mol. The van der Waals surface area contributed by atoms with Crippen LogP contribution in [0.4, 0.5) is 0 Å². The highest BCUT2D eigenvalue weighted by atomic mass is 32.2. The smallest absolute Gasteiger partial charge is 0.0785 e. The molecule has 0 radical (unpaired) electrons. The number of rotatable bonds is 1. The Labute approximate surface area is 123 Å². The third-order valence-electron chi connectivity index (χ3n) is 2.92. The van der Waals surface area contributed by atoms with Gasteiger partial charge in [-0.25, -0.2) is 0 Å². The number of thiophene rings is 1. The van der Waals surface area contributed by atoms with Gasteiger partial charge in [0.25, 0.3) is 0 Å². The van der Waals surface area contributed by atoms with Crippen molar-refractivity contribution in [2.24, 2.45) is 0 Å². The highest BCUT2D eigenvalue weighted by Gasteiger charge is 2.02. The number of thioether (sulfide) groups is 1. The van der Waals surface area contributed by atoms with Crippen molar-refractivity contribution in [1.82, 2.24) is 0 Å². The first kappa shape index (κ1) is 13.8. The second-order valence-corrected chi connectivity index (χ2v) is 6.11. The summed E-state index contributed by atoms with van der Waals surface area (Å²) >= 11 is 3.32. The molecular formula is C17H14S2. The second-order valence-electron chi connectivity index (χ2n) is 4.18. The summed E-state index contributed by atoms with van der Waals surface area (Å²) in [6.45, 7) is 4.28. The Morgan fingerprint density at radius 1 is 1.11 bits per heavy atom. The van der Waals surface area contributed by atoms with Crippen LogP contribution in [0.5, 0.6) is 0 Å². The van der Waals surface area contributed by atoms with Crippen LogP contribution in [0.1, 0.15) is 26.4 Å². The molecule has 0 amide bonds. The number of benzene rings is 1. The molecule has 1 aromatic heterocycles. The fraction of sp³-hybridized carbons (Fsp3) is 0.176. The van der Waals surface area contributed by atoms with E-state index >= 15 is 0 Å². The van der Waals surface area contributed by atoms with Gasteiger partial charge < -0.3 is 0 Å². The minimum atomic E-state index is 0.925. The summed E-state index contributed by atoms with van der Waals surface area (Å²) in [5.41, 5.74) is 3.68. The fourth-order valence-corrected chi connectivity index (χ4v) is 3.11. The Bertz CT molecular complexity index is 703. The van der Waals surface area contributed by atoms with Crippen LogP contribution in [0.15, 0.2) is 29.2 Å². The van der Waals surface area contributed by atoms with Crippen molar-refractivity contribution in [3.63, 3.8) is 0 Å². The Morgan fingerprint density at radius 2 is 1.84 bits per heavy atom. The Hall–Kier alpha value is -1.61. The summed E-state index contributed by atoms with van der Waals surface area (Å²) in [4.78, 5) is 3.23. The summed E-state index contributed by atoms with van der Waals surface area (Å²) < 4.78 is 0. The molecule has 0 N–H and O–H groups in total. The Balaban J connectivity index is 2.34. The maximum atomic E-state index is 5.35. The van der Waals surface area contributed by atoms with Gasteiger partial charge in [-0.05, 0) is 55.5 Å². The van der Waals surface area contributed by atoms with Gasteiger partial charge in [0, 0.05) is 10.5 Å². The van der Waals surface area contributed by atoms with Gasteiger partial charge in [-0.2, -0.15) is 0 Å². The molecule has 0 aliphatic rings. The van der Waals surface area contributed by atoms with E-state index in [4.69, 9.17) is 6.42 Å². The van der Waals surface area contributed by atoms with Crippen LogP contribution in [0.2, 0.25) is 0 Å². The van der Waals surface area contributed by atoms with Gasteiger partial charge in [-0.3, -0.25) is 0 Å². The summed E-state index contributed by atoms with van der Waals surface area (Å²) in [6, 6.07) is 8.19. The summed E-state index contributed by atoms with van der Waals surface area (Å²) in [6.07, 6.45) is 7.45. The maximum absolute atomic E-state index is 5.35. The molecule has 19 heavy (non-hydrogen) atoms. The van der Waals surface area contributed by atoms with Crippen molar-refractivity contribution in [3.8, 4) is 24.2 Å². The fourth-order valence-electron chi connectivity index (χ4n) is 1.73. The zero-order valence-electron chi connectivity index (χ0n) is 11.2. The number of aryl methyl sites for hydroxylation is 1. The molecule has 2 aromatic rings. The Kier molecular flexibility index (Phi) is 4.38. The molecule has 0 saturated heterocycles. The van der Waals surface area contributed by atoms with Gasteiger partial charge in [0.05, 0.1) is 9.75 Å². The average Bonchev–Trinajstić information content (AvgIpc) is 2.88. The van der Waals surface area contributed by atoms with Gasteiger partial charge >= 0.3 is 0 Å². The van der Waals surface area contributed by atoms with Gasteiger partial charge in [0.2, 0.25) is 0 Å². The van der Waals surface area contributed by atoms with E-state index in [0.717, 1.165) is 15.3 Å². The molecule has 0 bridgehead atoms. The summed E-state index contributed by atoms with van der Waals surface area (Å²) in [7, 11) is 0. The van der Waals surface area contributed by atoms with E-state index < -0.39 is 0 Å². The quantitative estimate of drug-likeness (QED) is 0.549. The zero-order chi connectivity index (χ0) is 13.8. The predicted molar refractivity (Wildman–Crippen MR) is 85.9 cm³/mol. The van der Waals surface area contributed by atoms with Gasteiger partial charge in [0.1, 0.15) is 0 Å². The lowest BCUT2D eigenvalue weighted by Crippen LogP contribution is -1.87. The van der Waals surface area contributed by atoms with Crippen LogP contribution >= 0.6 is 23.1 Å². The molecule has 0 unspecified atom stereocenters. The molecule has 2 rings (SSSR count). The van der Waals surface area contributed by atoms with Crippen LogP contribution in [-0.2, 0) is 0 Å². The lowest BCUT2D eigenvalue weighted by Gasteiger charge is -2.06. The summed E-state index contributed by atoms with van der Waals surface area (Å²) in [5.74, 6) is 9.02. The molecule has 0 nitrogen and oxygen atoms in total. The van der Waals surface area contributed by atoms with E-state index in [1.165, 1.54) is 16.0 Å². The van der Waals surface area contributed by atoms with E-state index in [2.05, 4.69) is 50.0 Å². The molecular weight excluding hydrogens is 268 g/mol. The highest BCUT2D eigenvalue weighted by Crippen LogP contribution is 2.24. The lowest BCUT2D eigenvalue weighted by atomic mass is 10.1. The second kappa shape index (κ2) is 6.02. The van der Waals surface area contributed by atoms with Crippen molar-refractivity contribution in [3.05, 3.63) is 50.7 Å². The minimum Gasteiger partial charge on any atom is -0.129 e. The van der Waals surface area contributed by atoms with Crippen LogP contribution in [0, 0.1) is 38.0 Å². The first-order valence-corrected chi connectivity index (χ1v) is 7.92. The van der Waals surface area contributed by atoms with Crippen molar-refractivity contribution in [2.75, 3.05) is 6.26 Å². The topological polar surface area (TPSA) is 0 Å². The van der Waals surface area contributed by atoms with E-state index in [1.807, 2.05) is 12.1 Å². The van der Waals surface area contributed by atoms with Crippen molar-refractivity contribution >= 4 is 23.1 Å². The molecule has 0 fully saturated rings. The normalized spacial score (nSPS) is 9.58. The molecule has 0 aliphatic heterocycles. The monoisotopic (exact) mass is 282 g/mol. The van der Waals surface area contributed by atoms with Gasteiger partial charge in [0.15, 0.2) is 0 Å². The minimum absolute atomic E-state index is 0.925. The molecule has 0 aliphatic carbocycles.